The Morgan fingerprint density at radius 2 is 2.33 bits per heavy atom. The Hall–Kier alpha value is -3.17. The summed E-state index contributed by atoms with van der Waals surface area (Å²) in [6.45, 7) is 1.21. The van der Waals surface area contributed by atoms with Gasteiger partial charge in [0.05, 0.1) is 24.4 Å². The van der Waals surface area contributed by atoms with Gasteiger partial charge in [0.15, 0.2) is 16.9 Å². The first-order valence-electron chi connectivity index (χ1n) is 9.61. The van der Waals surface area contributed by atoms with Crippen LogP contribution in [0.3, 0.4) is 0 Å². The molecule has 0 bridgehead atoms. The van der Waals surface area contributed by atoms with Crippen LogP contribution in [0.4, 0.5) is 4.79 Å². The highest BCUT2D eigenvalue weighted by atomic mass is 35.5. The fourth-order valence-corrected chi connectivity index (χ4v) is 3.80. The van der Waals surface area contributed by atoms with Gasteiger partial charge < -0.3 is 19.8 Å². The Bertz CT molecular complexity index is 1240. The molecule has 1 aliphatic heterocycles. The summed E-state index contributed by atoms with van der Waals surface area (Å²) in [5.74, 6) is 0.303. The van der Waals surface area contributed by atoms with Crippen molar-refractivity contribution < 1.29 is 14.3 Å². The number of aromatic amines is 1. The lowest BCUT2D eigenvalue weighted by molar-refractivity contribution is 0.0703. The predicted molar refractivity (Wildman–Crippen MR) is 112 cm³/mol. The van der Waals surface area contributed by atoms with Gasteiger partial charge in [0, 0.05) is 30.3 Å². The molecule has 1 unspecified atom stereocenters. The number of carbonyl (C=O) groups excluding carboxylic acids is 1. The van der Waals surface area contributed by atoms with Crippen molar-refractivity contribution in [2.45, 2.75) is 18.9 Å². The van der Waals surface area contributed by atoms with Crippen LogP contribution in [0.15, 0.2) is 30.6 Å². The fraction of sp³-hybridized carbons (Fsp3) is 0.300. The minimum Gasteiger partial charge on any atom is -0.406 e. The lowest BCUT2D eigenvalue weighted by Gasteiger charge is -2.22. The minimum absolute atomic E-state index is 0.0511. The van der Waals surface area contributed by atoms with Crippen molar-refractivity contribution in [3.8, 4) is 17.1 Å². The lowest BCUT2D eigenvalue weighted by Crippen LogP contribution is -2.42. The van der Waals surface area contributed by atoms with E-state index in [2.05, 4.69) is 25.4 Å². The van der Waals surface area contributed by atoms with Crippen molar-refractivity contribution in [1.29, 1.82) is 0 Å². The second-order valence-electron chi connectivity index (χ2n) is 7.19. The van der Waals surface area contributed by atoms with E-state index in [1.807, 2.05) is 25.2 Å². The molecule has 3 aromatic heterocycles. The SMILES string of the molecule is Cn1nc(-c2cnc3[nH]cc(OC(=O)NC4CCCOC4)c3n2)c2ccc(Cl)cc21. The summed E-state index contributed by atoms with van der Waals surface area (Å²) < 4.78 is 12.6. The number of hydrogen-bond acceptors (Lipinski definition) is 6. The topological polar surface area (TPSA) is 107 Å². The van der Waals surface area contributed by atoms with Gasteiger partial charge in [0.25, 0.3) is 0 Å². The van der Waals surface area contributed by atoms with Gasteiger partial charge in [-0.1, -0.05) is 11.6 Å². The number of benzene rings is 1. The van der Waals surface area contributed by atoms with E-state index in [4.69, 9.17) is 21.1 Å². The normalized spacial score (nSPS) is 16.8. The molecule has 0 aliphatic carbocycles. The molecule has 9 nitrogen and oxygen atoms in total. The summed E-state index contributed by atoms with van der Waals surface area (Å²) in [6, 6.07) is 5.51. The maximum Gasteiger partial charge on any atom is 0.413 e. The maximum atomic E-state index is 12.3. The van der Waals surface area contributed by atoms with E-state index in [1.54, 1.807) is 17.1 Å². The Balaban J connectivity index is 1.45. The molecule has 1 aromatic carbocycles. The highest BCUT2D eigenvalue weighted by Gasteiger charge is 2.20. The van der Waals surface area contributed by atoms with Crippen LogP contribution in [0.5, 0.6) is 5.75 Å². The molecule has 1 saturated heterocycles. The van der Waals surface area contributed by atoms with E-state index < -0.39 is 6.09 Å². The average Bonchev–Trinajstić information content (AvgIpc) is 3.29. The molecule has 5 rings (SSSR count). The molecular formula is C20H19ClN6O3. The van der Waals surface area contributed by atoms with Gasteiger partial charge in [-0.25, -0.2) is 14.8 Å². The van der Waals surface area contributed by atoms with E-state index in [1.165, 1.54) is 0 Å². The first-order valence-corrected chi connectivity index (χ1v) is 9.99. The number of nitrogens with zero attached hydrogens (tertiary/aromatic N) is 4. The van der Waals surface area contributed by atoms with Crippen LogP contribution in [-0.2, 0) is 11.8 Å². The van der Waals surface area contributed by atoms with Crippen LogP contribution in [-0.4, -0.2) is 50.1 Å². The zero-order chi connectivity index (χ0) is 20.7. The molecular weight excluding hydrogens is 408 g/mol. The number of amides is 1. The van der Waals surface area contributed by atoms with Gasteiger partial charge in [0.1, 0.15) is 11.4 Å². The molecule has 1 fully saturated rings. The number of halogens is 1. The maximum absolute atomic E-state index is 12.3. The Morgan fingerprint density at radius 1 is 1.43 bits per heavy atom. The quantitative estimate of drug-likeness (QED) is 0.519. The highest BCUT2D eigenvalue weighted by molar-refractivity contribution is 6.31. The van der Waals surface area contributed by atoms with Gasteiger partial charge >= 0.3 is 6.09 Å². The summed E-state index contributed by atoms with van der Waals surface area (Å²) in [5.41, 5.74) is 3.11. The van der Waals surface area contributed by atoms with Crippen LogP contribution in [0.1, 0.15) is 12.8 Å². The molecule has 0 saturated carbocycles. The van der Waals surface area contributed by atoms with Gasteiger partial charge in [-0.15, -0.1) is 0 Å². The standard InChI is InChI=1S/C20H19ClN6O3/c1-27-15-7-11(21)4-5-13(15)17(26-27)14-8-22-19-18(25-14)16(9-23-19)30-20(28)24-12-3-2-6-29-10-12/h4-5,7-9,12H,2-3,6,10H2,1H3,(H,22,23)(H,24,28). The van der Waals surface area contributed by atoms with Crippen LogP contribution in [0.25, 0.3) is 33.5 Å². The Morgan fingerprint density at radius 3 is 3.17 bits per heavy atom. The second-order valence-corrected chi connectivity index (χ2v) is 7.62. The zero-order valence-corrected chi connectivity index (χ0v) is 16.9. The van der Waals surface area contributed by atoms with Crippen LogP contribution in [0, 0.1) is 0 Å². The smallest absolute Gasteiger partial charge is 0.406 e. The molecule has 0 radical (unpaired) electrons. The summed E-state index contributed by atoms with van der Waals surface area (Å²) in [6.07, 6.45) is 4.44. The largest absolute Gasteiger partial charge is 0.413 e. The van der Waals surface area contributed by atoms with Crippen LogP contribution < -0.4 is 10.1 Å². The zero-order valence-electron chi connectivity index (χ0n) is 16.2. The summed E-state index contributed by atoms with van der Waals surface area (Å²) in [4.78, 5) is 24.4. The van der Waals surface area contributed by atoms with Crippen molar-refractivity contribution >= 4 is 39.8 Å². The Kier molecular flexibility index (Phi) is 4.76. The number of aromatic nitrogens is 5. The lowest BCUT2D eigenvalue weighted by atomic mass is 10.1. The molecule has 30 heavy (non-hydrogen) atoms. The summed E-state index contributed by atoms with van der Waals surface area (Å²) >= 11 is 6.11. The van der Waals surface area contributed by atoms with E-state index in [-0.39, 0.29) is 6.04 Å². The van der Waals surface area contributed by atoms with Crippen LogP contribution >= 0.6 is 11.6 Å². The molecule has 10 heteroatoms. The van der Waals surface area contributed by atoms with Crippen LogP contribution in [0.2, 0.25) is 5.02 Å². The van der Waals surface area contributed by atoms with Crippen molar-refractivity contribution in [3.63, 3.8) is 0 Å². The molecule has 2 N–H and O–H groups in total. The number of H-pyrrole nitrogens is 1. The highest BCUT2D eigenvalue weighted by Crippen LogP contribution is 2.30. The average molecular weight is 427 g/mol. The molecule has 4 heterocycles. The predicted octanol–water partition coefficient (Wildman–Crippen LogP) is 3.43. The number of ether oxygens (including phenoxy) is 2. The monoisotopic (exact) mass is 426 g/mol. The van der Waals surface area contributed by atoms with Gasteiger partial charge in [0.2, 0.25) is 0 Å². The molecule has 154 valence electrons. The van der Waals surface area contributed by atoms with Crippen molar-refractivity contribution in [3.05, 3.63) is 35.6 Å². The second kappa shape index (κ2) is 7.58. The molecule has 1 aliphatic rings. The first kappa shape index (κ1) is 18.8. The molecule has 4 aromatic rings. The molecule has 0 spiro atoms. The van der Waals surface area contributed by atoms with E-state index in [9.17, 15) is 4.79 Å². The third-order valence-corrected chi connectivity index (χ3v) is 5.32. The number of rotatable bonds is 3. The van der Waals surface area contributed by atoms with E-state index >= 15 is 0 Å². The summed E-state index contributed by atoms with van der Waals surface area (Å²) in [7, 11) is 1.85. The number of nitrogens with one attached hydrogen (secondary N) is 2. The minimum atomic E-state index is -0.545. The van der Waals surface area contributed by atoms with E-state index in [0.717, 1.165) is 30.4 Å². The number of carbonyl (C=O) groups is 1. The number of aryl methyl sites for hydroxylation is 1. The van der Waals surface area contributed by atoms with Gasteiger partial charge in [-0.3, -0.25) is 4.68 Å². The van der Waals surface area contributed by atoms with Crippen molar-refractivity contribution in [1.82, 2.24) is 30.0 Å². The van der Waals surface area contributed by atoms with Gasteiger partial charge in [-0.05, 0) is 31.0 Å². The van der Waals surface area contributed by atoms with Crippen molar-refractivity contribution in [2.24, 2.45) is 7.05 Å². The Labute approximate surface area is 176 Å². The number of fused-ring (bicyclic) bond motifs is 2. The third kappa shape index (κ3) is 3.46. The van der Waals surface area contributed by atoms with Gasteiger partial charge in [-0.2, -0.15) is 5.10 Å². The first-order chi connectivity index (χ1) is 14.6. The molecule has 1 amide bonds. The number of hydrogen-bond donors (Lipinski definition) is 2. The van der Waals surface area contributed by atoms with Crippen molar-refractivity contribution in [2.75, 3.05) is 13.2 Å². The van der Waals surface area contributed by atoms with E-state index in [0.29, 0.717) is 39.9 Å². The summed E-state index contributed by atoms with van der Waals surface area (Å²) in [5, 5.41) is 8.94. The molecule has 1 atom stereocenters. The third-order valence-electron chi connectivity index (χ3n) is 5.09. The fourth-order valence-electron chi connectivity index (χ4n) is 3.63.